The minimum absolute atomic E-state index is 0.0244. The number of rotatable bonds is 10. The van der Waals surface area contributed by atoms with Crippen LogP contribution in [0.25, 0.3) is 0 Å². The fourth-order valence-corrected chi connectivity index (χ4v) is 5.15. The number of hydrogen-bond donors (Lipinski definition) is 6. The molecule has 0 aromatic heterocycles. The number of nitrogens with zero attached hydrogens (tertiary/aromatic N) is 1. The van der Waals surface area contributed by atoms with Crippen molar-refractivity contribution in [2.24, 2.45) is 34.4 Å². The summed E-state index contributed by atoms with van der Waals surface area (Å²) in [6, 6.07) is 6.50. The smallest absolute Gasteiger partial charge is 0.238 e. The van der Waals surface area contributed by atoms with Crippen molar-refractivity contribution in [2.75, 3.05) is 24.1 Å². The molecular formula is C22H29ClFN7O2. The number of amides is 2. The van der Waals surface area contributed by atoms with Crippen LogP contribution in [0.3, 0.4) is 0 Å². The highest BCUT2D eigenvalue weighted by Gasteiger charge is 2.54. The standard InChI is InChI=1S/C22H29ClFN7O2/c1-11(23)29-22(17(24)8-25)31-20-16-6-12(19(20)21(27)33)5-13(16)9-28-10-18(32)30-15-4-2-3-14(26)7-15/h2-4,7-8,12-13,16,19-20,25,28,31H,5-6,9-10,26H2,1H3,(H2,27,33)(H,30,32)/b22-17-,25-8?,29-11+. The molecule has 9 nitrogen and oxygen atoms in total. The van der Waals surface area contributed by atoms with E-state index in [-0.39, 0.29) is 41.2 Å². The van der Waals surface area contributed by atoms with Gasteiger partial charge in [0.15, 0.2) is 11.6 Å². The molecule has 0 saturated heterocycles. The number of nitrogen functional groups attached to an aromatic ring is 1. The monoisotopic (exact) mass is 477 g/mol. The van der Waals surface area contributed by atoms with Crippen LogP contribution in [0.4, 0.5) is 15.8 Å². The molecule has 2 saturated carbocycles. The molecule has 5 atom stereocenters. The highest BCUT2D eigenvalue weighted by Crippen LogP contribution is 2.52. The van der Waals surface area contributed by atoms with Crippen molar-refractivity contribution in [3.05, 3.63) is 35.9 Å². The van der Waals surface area contributed by atoms with Crippen molar-refractivity contribution >= 4 is 46.2 Å². The highest BCUT2D eigenvalue weighted by molar-refractivity contribution is 6.64. The molecule has 11 heteroatoms. The number of anilines is 2. The number of benzene rings is 1. The Kier molecular flexibility index (Phi) is 8.04. The maximum Gasteiger partial charge on any atom is 0.238 e. The SMILES string of the molecule is C/C(Cl)=N\C(NC1C2CC(CC2CNCC(=O)Nc2cccc(N)c2)C1C(N)=O)=C(\F)C=N. The second kappa shape index (κ2) is 10.8. The molecular weight excluding hydrogens is 449 g/mol. The maximum atomic E-state index is 14.2. The number of nitrogens with two attached hydrogens (primary N) is 2. The third-order valence-corrected chi connectivity index (χ3v) is 6.34. The second-order valence-corrected chi connectivity index (χ2v) is 9.06. The van der Waals surface area contributed by atoms with E-state index in [0.717, 1.165) is 12.8 Å². The van der Waals surface area contributed by atoms with Gasteiger partial charge in [-0.1, -0.05) is 17.7 Å². The van der Waals surface area contributed by atoms with Crippen LogP contribution in [-0.2, 0) is 9.59 Å². The molecule has 33 heavy (non-hydrogen) atoms. The van der Waals surface area contributed by atoms with Crippen LogP contribution in [0.5, 0.6) is 0 Å². The second-order valence-electron chi connectivity index (χ2n) is 8.51. The van der Waals surface area contributed by atoms with Gasteiger partial charge < -0.3 is 32.8 Å². The van der Waals surface area contributed by atoms with E-state index in [1.165, 1.54) is 6.92 Å². The largest absolute Gasteiger partial charge is 0.399 e. The number of aliphatic imine (C=N–C) groups is 1. The Morgan fingerprint density at radius 1 is 1.36 bits per heavy atom. The van der Waals surface area contributed by atoms with Crippen LogP contribution in [0, 0.1) is 29.1 Å². The van der Waals surface area contributed by atoms with E-state index in [1.54, 1.807) is 24.3 Å². The number of carbonyl (C=O) groups is 2. The molecule has 1 aromatic rings. The minimum atomic E-state index is -0.881. The molecule has 0 spiro atoms. The van der Waals surface area contributed by atoms with E-state index < -0.39 is 23.7 Å². The van der Waals surface area contributed by atoms with Gasteiger partial charge in [-0.3, -0.25) is 9.59 Å². The fourth-order valence-electron chi connectivity index (χ4n) is 5.06. The third kappa shape index (κ3) is 6.08. The van der Waals surface area contributed by atoms with Gasteiger partial charge in [0.05, 0.1) is 18.7 Å². The summed E-state index contributed by atoms with van der Waals surface area (Å²) < 4.78 is 14.2. The Balaban J connectivity index is 1.62. The van der Waals surface area contributed by atoms with Crippen molar-refractivity contribution in [2.45, 2.75) is 25.8 Å². The molecule has 0 aliphatic heterocycles. The van der Waals surface area contributed by atoms with E-state index in [4.69, 9.17) is 28.5 Å². The average molecular weight is 478 g/mol. The Hall–Kier alpha value is -2.98. The predicted molar refractivity (Wildman–Crippen MR) is 128 cm³/mol. The maximum absolute atomic E-state index is 14.2. The zero-order valence-corrected chi connectivity index (χ0v) is 19.0. The predicted octanol–water partition coefficient (Wildman–Crippen LogP) is 1.96. The molecule has 0 radical (unpaired) electrons. The van der Waals surface area contributed by atoms with Gasteiger partial charge >= 0.3 is 0 Å². The lowest BCUT2D eigenvalue weighted by molar-refractivity contribution is -0.124. The van der Waals surface area contributed by atoms with E-state index >= 15 is 0 Å². The minimum Gasteiger partial charge on any atom is -0.399 e. The van der Waals surface area contributed by atoms with Gasteiger partial charge in [-0.25, -0.2) is 9.38 Å². The summed E-state index contributed by atoms with van der Waals surface area (Å²) in [5.41, 5.74) is 12.6. The van der Waals surface area contributed by atoms with Crippen molar-refractivity contribution in [1.29, 1.82) is 5.41 Å². The first-order chi connectivity index (χ1) is 15.7. The average Bonchev–Trinajstić information content (AvgIpc) is 3.30. The summed E-state index contributed by atoms with van der Waals surface area (Å²) >= 11 is 5.82. The molecule has 178 valence electrons. The summed E-state index contributed by atoms with van der Waals surface area (Å²) in [4.78, 5) is 28.3. The van der Waals surface area contributed by atoms with Crippen LogP contribution >= 0.6 is 11.6 Å². The van der Waals surface area contributed by atoms with Crippen molar-refractivity contribution in [3.8, 4) is 0 Å². The van der Waals surface area contributed by atoms with Crippen LogP contribution < -0.4 is 27.4 Å². The van der Waals surface area contributed by atoms with E-state index in [1.807, 2.05) is 0 Å². The fraction of sp³-hybridized carbons (Fsp3) is 0.455. The van der Waals surface area contributed by atoms with Gasteiger partial charge in [0.2, 0.25) is 11.8 Å². The zero-order valence-electron chi connectivity index (χ0n) is 18.3. The van der Waals surface area contributed by atoms with Gasteiger partial charge in [0, 0.05) is 17.4 Å². The highest BCUT2D eigenvalue weighted by atomic mass is 35.5. The van der Waals surface area contributed by atoms with Crippen LogP contribution in [0.2, 0.25) is 0 Å². The van der Waals surface area contributed by atoms with Gasteiger partial charge in [-0.05, 0) is 62.3 Å². The summed E-state index contributed by atoms with van der Waals surface area (Å²) in [5, 5.41) is 16.2. The summed E-state index contributed by atoms with van der Waals surface area (Å²) in [5.74, 6) is -1.94. The number of primary amides is 1. The number of halogens is 2. The Morgan fingerprint density at radius 3 is 2.76 bits per heavy atom. The quantitative estimate of drug-likeness (QED) is 0.224. The van der Waals surface area contributed by atoms with Gasteiger partial charge in [0.25, 0.3) is 0 Å². The molecule has 2 bridgehead atoms. The molecule has 5 unspecified atom stereocenters. The first-order valence-corrected chi connectivity index (χ1v) is 11.1. The lowest BCUT2D eigenvalue weighted by Crippen LogP contribution is -2.50. The third-order valence-electron chi connectivity index (χ3n) is 6.26. The normalized spacial score (nSPS) is 27.1. The van der Waals surface area contributed by atoms with Crippen molar-refractivity contribution in [1.82, 2.24) is 10.6 Å². The van der Waals surface area contributed by atoms with Crippen LogP contribution in [0.1, 0.15) is 19.8 Å². The number of hydrogen-bond acceptors (Lipinski definition) is 7. The van der Waals surface area contributed by atoms with Gasteiger partial charge in [-0.15, -0.1) is 0 Å². The van der Waals surface area contributed by atoms with Crippen LogP contribution in [-0.4, -0.2) is 42.3 Å². The first kappa shape index (κ1) is 24.7. The summed E-state index contributed by atoms with van der Waals surface area (Å²) in [6.07, 6.45) is 2.08. The summed E-state index contributed by atoms with van der Waals surface area (Å²) in [6.45, 7) is 2.16. The molecule has 1 aromatic carbocycles. The topological polar surface area (TPSA) is 158 Å². The molecule has 2 aliphatic rings. The Bertz CT molecular complexity index is 979. The zero-order chi connectivity index (χ0) is 24.1. The van der Waals surface area contributed by atoms with Crippen molar-refractivity contribution < 1.29 is 14.0 Å². The number of nitrogens with one attached hydrogen (secondary N) is 4. The van der Waals surface area contributed by atoms with Crippen LogP contribution in [0.15, 0.2) is 40.9 Å². The summed E-state index contributed by atoms with van der Waals surface area (Å²) in [7, 11) is 0. The lowest BCUT2D eigenvalue weighted by Gasteiger charge is -2.35. The van der Waals surface area contributed by atoms with E-state index in [0.29, 0.717) is 24.1 Å². The lowest BCUT2D eigenvalue weighted by atomic mass is 9.77. The molecule has 2 fully saturated rings. The molecule has 8 N–H and O–H groups in total. The number of fused-ring (bicyclic) bond motifs is 2. The first-order valence-electron chi connectivity index (χ1n) is 10.7. The molecule has 2 aliphatic carbocycles. The van der Waals surface area contributed by atoms with Crippen molar-refractivity contribution in [3.63, 3.8) is 0 Å². The Labute approximate surface area is 196 Å². The Morgan fingerprint density at radius 2 is 2.12 bits per heavy atom. The molecule has 2 amide bonds. The molecule has 3 rings (SSSR count). The van der Waals surface area contributed by atoms with Gasteiger partial charge in [-0.2, -0.15) is 0 Å². The van der Waals surface area contributed by atoms with E-state index in [9.17, 15) is 14.0 Å². The number of allylic oxidation sites excluding steroid dienone is 1. The van der Waals surface area contributed by atoms with Gasteiger partial charge in [0.1, 0.15) is 5.17 Å². The van der Waals surface area contributed by atoms with E-state index in [2.05, 4.69) is 20.9 Å². The molecule has 0 heterocycles. The number of carbonyl (C=O) groups excluding carboxylic acids is 2.